The number of benzene rings is 2. The van der Waals surface area contributed by atoms with Crippen LogP contribution in [0.3, 0.4) is 0 Å². The van der Waals surface area contributed by atoms with Crippen molar-refractivity contribution in [3.05, 3.63) is 65.2 Å². The quantitative estimate of drug-likeness (QED) is 0.639. The summed E-state index contributed by atoms with van der Waals surface area (Å²) in [5, 5.41) is 1.33. The van der Waals surface area contributed by atoms with E-state index in [4.69, 9.17) is 28.9 Å². The van der Waals surface area contributed by atoms with E-state index in [1.165, 1.54) is 12.4 Å². The predicted octanol–water partition coefficient (Wildman–Crippen LogP) is 5.14. The zero-order valence-electron chi connectivity index (χ0n) is 13.5. The SMILES string of the molecule is C=CCOC.Nc1ncnc2c(F)ccc(-c3ccc(Cl)c(Cl)c3)c12. The molecule has 3 aromatic rings. The zero-order chi connectivity index (χ0) is 18.4. The van der Waals surface area contributed by atoms with Gasteiger partial charge in [0.2, 0.25) is 0 Å². The van der Waals surface area contributed by atoms with Gasteiger partial charge in [-0.15, -0.1) is 6.58 Å². The number of aromatic nitrogens is 2. The molecule has 0 amide bonds. The molecular weight excluding hydrogens is 364 g/mol. The molecule has 1 heterocycles. The molecule has 0 radical (unpaired) electrons. The highest BCUT2D eigenvalue weighted by Gasteiger charge is 2.13. The summed E-state index contributed by atoms with van der Waals surface area (Å²) in [6, 6.07) is 8.12. The lowest BCUT2D eigenvalue weighted by molar-refractivity contribution is 0.234. The van der Waals surface area contributed by atoms with Crippen LogP contribution in [0.2, 0.25) is 10.0 Å². The average molecular weight is 380 g/mol. The van der Waals surface area contributed by atoms with E-state index in [1.807, 2.05) is 0 Å². The van der Waals surface area contributed by atoms with Gasteiger partial charge in [0, 0.05) is 7.11 Å². The van der Waals surface area contributed by atoms with Gasteiger partial charge in [-0.1, -0.05) is 41.4 Å². The van der Waals surface area contributed by atoms with Crippen LogP contribution in [-0.4, -0.2) is 23.7 Å². The first-order valence-corrected chi connectivity index (χ1v) is 7.99. The Labute approximate surface area is 155 Å². The number of fused-ring (bicyclic) bond motifs is 1. The number of nitrogen functional groups attached to an aromatic ring is 1. The van der Waals surface area contributed by atoms with E-state index in [9.17, 15) is 4.39 Å². The Kier molecular flexibility index (Phi) is 6.70. The van der Waals surface area contributed by atoms with Crippen LogP contribution in [0.1, 0.15) is 0 Å². The third-order valence-electron chi connectivity index (χ3n) is 3.28. The topological polar surface area (TPSA) is 61.0 Å². The second kappa shape index (κ2) is 8.76. The first-order valence-electron chi connectivity index (χ1n) is 7.23. The van der Waals surface area contributed by atoms with Crippen molar-refractivity contribution in [1.29, 1.82) is 0 Å². The minimum atomic E-state index is -0.446. The average Bonchev–Trinajstić information content (AvgIpc) is 2.60. The van der Waals surface area contributed by atoms with Gasteiger partial charge >= 0.3 is 0 Å². The Bertz CT molecular complexity index is 903. The van der Waals surface area contributed by atoms with Crippen LogP contribution in [0.4, 0.5) is 10.2 Å². The van der Waals surface area contributed by atoms with E-state index < -0.39 is 5.82 Å². The van der Waals surface area contributed by atoms with Crippen molar-refractivity contribution in [1.82, 2.24) is 9.97 Å². The third-order valence-corrected chi connectivity index (χ3v) is 4.02. The van der Waals surface area contributed by atoms with Crippen LogP contribution in [-0.2, 0) is 4.74 Å². The summed E-state index contributed by atoms with van der Waals surface area (Å²) in [6.07, 6.45) is 2.94. The molecule has 2 aromatic carbocycles. The number of nitrogens with two attached hydrogens (primary N) is 1. The minimum absolute atomic E-state index is 0.182. The number of hydrogen-bond acceptors (Lipinski definition) is 4. The number of halogens is 3. The summed E-state index contributed by atoms with van der Waals surface area (Å²) < 4.78 is 18.4. The Morgan fingerprint density at radius 2 is 1.96 bits per heavy atom. The summed E-state index contributed by atoms with van der Waals surface area (Å²) >= 11 is 11.9. The molecule has 7 heteroatoms. The molecular formula is C18H16Cl2FN3O. The van der Waals surface area contributed by atoms with Gasteiger partial charge in [-0.25, -0.2) is 14.4 Å². The van der Waals surface area contributed by atoms with Crippen molar-refractivity contribution in [2.75, 3.05) is 19.5 Å². The maximum atomic E-state index is 13.8. The lowest BCUT2D eigenvalue weighted by atomic mass is 10.0. The van der Waals surface area contributed by atoms with Crippen LogP contribution >= 0.6 is 23.2 Å². The Hall–Kier alpha value is -2.21. The Balaban J connectivity index is 0.000000399. The number of rotatable bonds is 3. The van der Waals surface area contributed by atoms with Gasteiger partial charge in [-0.05, 0) is 29.3 Å². The second-order valence-electron chi connectivity index (χ2n) is 4.95. The molecule has 0 saturated carbocycles. The Morgan fingerprint density at radius 3 is 2.56 bits per heavy atom. The summed E-state index contributed by atoms with van der Waals surface area (Å²) in [6.45, 7) is 4.08. The maximum Gasteiger partial charge on any atom is 0.149 e. The summed E-state index contributed by atoms with van der Waals surface area (Å²) in [4.78, 5) is 7.86. The number of anilines is 1. The van der Waals surface area contributed by atoms with E-state index in [2.05, 4.69) is 21.3 Å². The number of nitrogens with zero attached hydrogens (tertiary/aromatic N) is 2. The van der Waals surface area contributed by atoms with Crippen molar-refractivity contribution in [3.8, 4) is 11.1 Å². The van der Waals surface area contributed by atoms with E-state index >= 15 is 0 Å². The van der Waals surface area contributed by atoms with E-state index in [0.29, 0.717) is 27.6 Å². The number of methoxy groups -OCH3 is 1. The maximum absolute atomic E-state index is 13.8. The van der Waals surface area contributed by atoms with Crippen molar-refractivity contribution in [2.45, 2.75) is 0 Å². The molecule has 3 rings (SSSR count). The standard InChI is InChI=1S/C14H8Cl2FN3.C4H8O/c15-9-3-1-7(5-10(9)16)8-2-4-11(17)13-12(8)14(18)20-6-19-13;1-3-4-5-2/h1-6H,(H2,18,19,20);3H,1,4H2,2H3. The number of ether oxygens (including phenoxy) is 1. The van der Waals surface area contributed by atoms with Crippen molar-refractivity contribution < 1.29 is 9.13 Å². The van der Waals surface area contributed by atoms with Gasteiger partial charge in [-0.3, -0.25) is 0 Å². The van der Waals surface area contributed by atoms with Gasteiger partial charge in [0.25, 0.3) is 0 Å². The molecule has 25 heavy (non-hydrogen) atoms. The second-order valence-corrected chi connectivity index (χ2v) is 5.76. The highest BCUT2D eigenvalue weighted by atomic mass is 35.5. The largest absolute Gasteiger partial charge is 0.383 e. The highest BCUT2D eigenvalue weighted by Crippen LogP contribution is 2.34. The van der Waals surface area contributed by atoms with Crippen molar-refractivity contribution in [3.63, 3.8) is 0 Å². The fraction of sp³-hybridized carbons (Fsp3) is 0.111. The molecule has 0 aliphatic carbocycles. The molecule has 0 unspecified atom stereocenters. The zero-order valence-corrected chi connectivity index (χ0v) is 15.0. The van der Waals surface area contributed by atoms with E-state index in [0.717, 1.165) is 5.56 Å². The fourth-order valence-electron chi connectivity index (χ4n) is 2.19. The number of hydrogen-bond donors (Lipinski definition) is 1. The molecule has 0 spiro atoms. The smallest absolute Gasteiger partial charge is 0.149 e. The van der Waals surface area contributed by atoms with Gasteiger partial charge in [0.15, 0.2) is 0 Å². The van der Waals surface area contributed by atoms with Crippen LogP contribution in [0.15, 0.2) is 49.3 Å². The fourth-order valence-corrected chi connectivity index (χ4v) is 2.48. The molecule has 0 bridgehead atoms. The lowest BCUT2D eigenvalue weighted by Crippen LogP contribution is -1.97. The molecule has 0 fully saturated rings. The summed E-state index contributed by atoms with van der Waals surface area (Å²) in [7, 11) is 1.64. The molecule has 0 atom stereocenters. The minimum Gasteiger partial charge on any atom is -0.383 e. The summed E-state index contributed by atoms with van der Waals surface area (Å²) in [5.74, 6) is -0.228. The lowest BCUT2D eigenvalue weighted by Gasteiger charge is -2.09. The van der Waals surface area contributed by atoms with Gasteiger partial charge < -0.3 is 10.5 Å². The molecule has 1 aromatic heterocycles. The van der Waals surface area contributed by atoms with Crippen LogP contribution in [0.5, 0.6) is 0 Å². The summed E-state index contributed by atoms with van der Waals surface area (Å²) in [5.41, 5.74) is 7.51. The first-order chi connectivity index (χ1) is 12.0. The monoisotopic (exact) mass is 379 g/mol. The third kappa shape index (κ3) is 4.45. The first kappa shape index (κ1) is 19.1. The van der Waals surface area contributed by atoms with E-state index in [-0.39, 0.29) is 11.3 Å². The molecule has 0 aliphatic rings. The Morgan fingerprint density at radius 1 is 1.20 bits per heavy atom. The molecule has 0 saturated heterocycles. The normalized spacial score (nSPS) is 10.2. The predicted molar refractivity (Wildman–Crippen MR) is 101 cm³/mol. The van der Waals surface area contributed by atoms with Gasteiger partial charge in [0.05, 0.1) is 22.0 Å². The molecule has 0 aliphatic heterocycles. The van der Waals surface area contributed by atoms with Crippen LogP contribution in [0.25, 0.3) is 22.0 Å². The molecule has 130 valence electrons. The van der Waals surface area contributed by atoms with Crippen molar-refractivity contribution >= 4 is 39.9 Å². The molecule has 2 N–H and O–H groups in total. The highest BCUT2D eigenvalue weighted by molar-refractivity contribution is 6.42. The van der Waals surface area contributed by atoms with Crippen LogP contribution < -0.4 is 5.73 Å². The van der Waals surface area contributed by atoms with Crippen LogP contribution in [0, 0.1) is 5.82 Å². The van der Waals surface area contributed by atoms with E-state index in [1.54, 1.807) is 37.5 Å². The van der Waals surface area contributed by atoms with Crippen molar-refractivity contribution in [2.24, 2.45) is 0 Å². The molecule has 4 nitrogen and oxygen atoms in total. The van der Waals surface area contributed by atoms with Gasteiger partial charge in [-0.2, -0.15) is 0 Å². The van der Waals surface area contributed by atoms with Gasteiger partial charge in [0.1, 0.15) is 23.5 Å².